The van der Waals surface area contributed by atoms with Gasteiger partial charge in [0, 0.05) is 12.7 Å². The molecule has 0 fully saturated rings. The summed E-state index contributed by atoms with van der Waals surface area (Å²) in [7, 11) is 1.23. The van der Waals surface area contributed by atoms with Crippen molar-refractivity contribution in [1.29, 1.82) is 5.26 Å². The molecule has 0 spiro atoms. The van der Waals surface area contributed by atoms with Crippen LogP contribution in [0.15, 0.2) is 53.1 Å². The molecule has 1 heterocycles. The minimum Gasteiger partial charge on any atom is -0.497 e. The maximum absolute atomic E-state index is 13.4. The summed E-state index contributed by atoms with van der Waals surface area (Å²) in [5.41, 5.74) is 1.48. The molecule has 2 aromatic carbocycles. The molecule has 176 valence electrons. The number of nitrogens with zero attached hydrogens (tertiary/aromatic N) is 3. The van der Waals surface area contributed by atoms with Crippen LogP contribution in [0.5, 0.6) is 11.6 Å². The highest BCUT2D eigenvalue weighted by atomic mass is 28.3. The number of carbonyl (C=O) groups is 2. The van der Waals surface area contributed by atoms with Crippen molar-refractivity contribution in [2.75, 3.05) is 19.5 Å². The third kappa shape index (κ3) is 5.27. The quantitative estimate of drug-likeness (QED) is 0.499. The van der Waals surface area contributed by atoms with E-state index < -0.39 is 31.8 Å². The smallest absolute Gasteiger partial charge is 0.293 e. The number of benzene rings is 2. The van der Waals surface area contributed by atoms with Gasteiger partial charge in [0.1, 0.15) is 11.8 Å². The summed E-state index contributed by atoms with van der Waals surface area (Å²) in [4.78, 5) is 27.6. The van der Waals surface area contributed by atoms with Gasteiger partial charge in [0.05, 0.1) is 32.9 Å². The van der Waals surface area contributed by atoms with Crippen molar-refractivity contribution in [3.8, 4) is 17.7 Å². The monoisotopic (exact) mass is 478 g/mol. The van der Waals surface area contributed by atoms with Gasteiger partial charge in [-0.25, -0.2) is 0 Å². The summed E-state index contributed by atoms with van der Waals surface area (Å²) in [6, 6.07) is 14.3. The number of ether oxygens (including phenoxy) is 1. The summed E-state index contributed by atoms with van der Waals surface area (Å²) in [5, 5.41) is 26.2. The largest absolute Gasteiger partial charge is 0.497 e. The van der Waals surface area contributed by atoms with Crippen molar-refractivity contribution >= 4 is 30.8 Å². The normalized spacial score (nSPS) is 11.9. The highest BCUT2D eigenvalue weighted by Gasteiger charge is 2.32. The van der Waals surface area contributed by atoms with Crippen molar-refractivity contribution in [1.82, 2.24) is 10.1 Å². The number of carbonyl (C=O) groups excluding carboxylic acids is 2. The average Bonchev–Trinajstić information content (AvgIpc) is 3.24. The van der Waals surface area contributed by atoms with Crippen molar-refractivity contribution in [2.24, 2.45) is 0 Å². The van der Waals surface area contributed by atoms with E-state index in [1.54, 1.807) is 36.4 Å². The number of aromatic nitrogens is 1. The number of likely N-dealkylation sites (N-methyl/N-ethyl adjacent to an activating group) is 1. The SMILES string of the molecule is COc1ccc(C(C(=O)Nc2ccc([Si](C)(C)C)c(C#N)c2)N(C)C(=O)c2cc(O)no2)cc1. The second kappa shape index (κ2) is 9.80. The molecular weight excluding hydrogens is 452 g/mol. The van der Waals surface area contributed by atoms with Gasteiger partial charge in [-0.1, -0.05) is 37.8 Å². The molecule has 9 nitrogen and oxygen atoms in total. The Hall–Kier alpha value is -4.10. The number of rotatable bonds is 7. The first-order chi connectivity index (χ1) is 16.0. The Bertz CT molecular complexity index is 1240. The van der Waals surface area contributed by atoms with Crippen LogP contribution in [0.3, 0.4) is 0 Å². The van der Waals surface area contributed by atoms with Gasteiger partial charge in [0.15, 0.2) is 0 Å². The van der Waals surface area contributed by atoms with E-state index in [1.807, 2.05) is 6.07 Å². The Morgan fingerprint density at radius 1 is 1.18 bits per heavy atom. The van der Waals surface area contributed by atoms with Gasteiger partial charge in [0.2, 0.25) is 5.76 Å². The van der Waals surface area contributed by atoms with Crippen LogP contribution in [-0.2, 0) is 4.79 Å². The summed E-state index contributed by atoms with van der Waals surface area (Å²) in [6.07, 6.45) is 0. The summed E-state index contributed by atoms with van der Waals surface area (Å²) >= 11 is 0. The number of amides is 2. The highest BCUT2D eigenvalue weighted by molar-refractivity contribution is 6.89. The molecule has 10 heteroatoms. The molecule has 1 aromatic heterocycles. The molecule has 0 saturated carbocycles. The fraction of sp³-hybridized carbons (Fsp3) is 0.250. The van der Waals surface area contributed by atoms with E-state index >= 15 is 0 Å². The standard InChI is InChI=1S/C24H26N4O5Si/c1-28(24(31)19-13-21(29)27-33-19)22(15-6-9-18(32-2)10-7-15)23(30)26-17-8-11-20(34(3,4)5)16(12-17)14-25/h6-13,22H,1-5H3,(H,26,30)(H,27,29). The molecule has 2 amide bonds. The third-order valence-electron chi connectivity index (χ3n) is 5.31. The molecular formula is C24H26N4O5Si. The molecule has 0 bridgehead atoms. The van der Waals surface area contributed by atoms with Gasteiger partial charge in [-0.3, -0.25) is 9.59 Å². The number of methoxy groups -OCH3 is 1. The number of nitriles is 1. The second-order valence-corrected chi connectivity index (χ2v) is 13.8. The van der Waals surface area contributed by atoms with Gasteiger partial charge in [-0.05, 0) is 40.2 Å². The maximum atomic E-state index is 13.4. The number of hydrogen-bond donors (Lipinski definition) is 2. The molecule has 1 unspecified atom stereocenters. The van der Waals surface area contributed by atoms with Crippen LogP contribution in [0.4, 0.5) is 5.69 Å². The van der Waals surface area contributed by atoms with E-state index in [2.05, 4.69) is 36.2 Å². The molecule has 0 aliphatic heterocycles. The number of aromatic hydroxyl groups is 1. The van der Waals surface area contributed by atoms with Crippen molar-refractivity contribution in [3.63, 3.8) is 0 Å². The van der Waals surface area contributed by atoms with E-state index in [1.165, 1.54) is 19.1 Å². The number of anilines is 1. The lowest BCUT2D eigenvalue weighted by Crippen LogP contribution is -2.40. The third-order valence-corrected chi connectivity index (χ3v) is 7.36. The predicted molar refractivity (Wildman–Crippen MR) is 129 cm³/mol. The van der Waals surface area contributed by atoms with Gasteiger partial charge in [-0.2, -0.15) is 5.26 Å². The lowest BCUT2D eigenvalue weighted by atomic mass is 10.0. The van der Waals surface area contributed by atoms with Gasteiger partial charge < -0.3 is 24.6 Å². The lowest BCUT2D eigenvalue weighted by Gasteiger charge is -2.27. The zero-order valence-electron chi connectivity index (χ0n) is 19.6. The molecule has 0 aliphatic rings. The van der Waals surface area contributed by atoms with Gasteiger partial charge in [0.25, 0.3) is 17.7 Å². The Labute approximate surface area is 198 Å². The molecule has 34 heavy (non-hydrogen) atoms. The minimum absolute atomic E-state index is 0.211. The van der Waals surface area contributed by atoms with E-state index in [0.717, 1.165) is 11.3 Å². The first-order valence-electron chi connectivity index (χ1n) is 10.5. The van der Waals surface area contributed by atoms with Crippen molar-refractivity contribution in [3.05, 3.63) is 65.4 Å². The molecule has 0 saturated heterocycles. The van der Waals surface area contributed by atoms with Crippen molar-refractivity contribution < 1.29 is 24.0 Å². The topological polar surface area (TPSA) is 129 Å². The Kier molecular flexibility index (Phi) is 7.07. The number of nitrogens with one attached hydrogen (secondary N) is 1. The Morgan fingerprint density at radius 2 is 1.85 bits per heavy atom. The van der Waals surface area contributed by atoms with Crippen LogP contribution >= 0.6 is 0 Å². The summed E-state index contributed by atoms with van der Waals surface area (Å²) < 4.78 is 10.1. The van der Waals surface area contributed by atoms with E-state index in [4.69, 9.17) is 9.26 Å². The van der Waals surface area contributed by atoms with E-state index in [-0.39, 0.29) is 5.76 Å². The highest BCUT2D eigenvalue weighted by Crippen LogP contribution is 2.26. The van der Waals surface area contributed by atoms with Crippen molar-refractivity contribution in [2.45, 2.75) is 25.7 Å². The zero-order valence-corrected chi connectivity index (χ0v) is 20.6. The fourth-order valence-corrected chi connectivity index (χ4v) is 5.09. The summed E-state index contributed by atoms with van der Waals surface area (Å²) in [6.45, 7) is 6.43. The first kappa shape index (κ1) is 24.5. The summed E-state index contributed by atoms with van der Waals surface area (Å²) in [5.74, 6) is -1.19. The number of hydrogen-bond acceptors (Lipinski definition) is 7. The molecule has 2 N–H and O–H groups in total. The first-order valence-corrected chi connectivity index (χ1v) is 14.0. The van der Waals surface area contributed by atoms with E-state index in [0.29, 0.717) is 22.6 Å². The average molecular weight is 479 g/mol. The second-order valence-electron chi connectivity index (χ2n) is 8.75. The molecule has 0 radical (unpaired) electrons. The fourth-order valence-electron chi connectivity index (χ4n) is 3.57. The Morgan fingerprint density at radius 3 is 2.38 bits per heavy atom. The minimum atomic E-state index is -1.75. The van der Waals surface area contributed by atoms with Crippen LogP contribution < -0.4 is 15.2 Å². The zero-order chi connectivity index (χ0) is 25.0. The van der Waals surface area contributed by atoms with Gasteiger partial charge in [-0.15, -0.1) is 0 Å². The van der Waals surface area contributed by atoms with Crippen LogP contribution in [0.25, 0.3) is 0 Å². The molecule has 0 aliphatic carbocycles. The molecule has 3 rings (SSSR count). The van der Waals surface area contributed by atoms with Crippen LogP contribution in [-0.4, -0.2) is 49.2 Å². The Balaban J connectivity index is 1.96. The maximum Gasteiger partial charge on any atom is 0.293 e. The van der Waals surface area contributed by atoms with Gasteiger partial charge >= 0.3 is 0 Å². The van der Waals surface area contributed by atoms with Crippen LogP contribution in [0, 0.1) is 11.3 Å². The molecule has 1 atom stereocenters. The molecule has 3 aromatic rings. The lowest BCUT2D eigenvalue weighted by molar-refractivity contribution is -0.120. The predicted octanol–water partition coefficient (Wildman–Crippen LogP) is 3.26. The van der Waals surface area contributed by atoms with E-state index in [9.17, 15) is 20.0 Å². The van der Waals surface area contributed by atoms with Crippen LogP contribution in [0.1, 0.15) is 27.7 Å². The van der Waals surface area contributed by atoms with Crippen LogP contribution in [0.2, 0.25) is 19.6 Å².